The predicted octanol–water partition coefficient (Wildman–Crippen LogP) is 2.35. The molecule has 0 N–H and O–H groups in total. The van der Waals surface area contributed by atoms with Crippen molar-refractivity contribution in [2.24, 2.45) is 0 Å². The van der Waals surface area contributed by atoms with Crippen molar-refractivity contribution < 1.29 is 9.53 Å². The van der Waals surface area contributed by atoms with Gasteiger partial charge in [0.15, 0.2) is 6.61 Å². The van der Waals surface area contributed by atoms with Crippen molar-refractivity contribution in [2.75, 3.05) is 13.2 Å². The van der Waals surface area contributed by atoms with Gasteiger partial charge in [-0.1, -0.05) is 26.0 Å². The number of fused-ring (bicyclic) bond motifs is 1. The maximum Gasteiger partial charge on any atom is 0.260 e. The van der Waals surface area contributed by atoms with E-state index in [4.69, 9.17) is 4.74 Å². The van der Waals surface area contributed by atoms with Crippen molar-refractivity contribution in [3.8, 4) is 5.75 Å². The Morgan fingerprint density at radius 3 is 2.88 bits per heavy atom. The first-order valence-electron chi connectivity index (χ1n) is 9.07. The lowest BCUT2D eigenvalue weighted by Gasteiger charge is -2.28. The van der Waals surface area contributed by atoms with Gasteiger partial charge in [-0.2, -0.15) is 0 Å². The number of hydrogen-bond acceptors (Lipinski definition) is 4. The third kappa shape index (κ3) is 3.79. The molecule has 0 fully saturated rings. The molecule has 0 saturated carbocycles. The van der Waals surface area contributed by atoms with Gasteiger partial charge in [-0.15, -0.1) is 0 Å². The van der Waals surface area contributed by atoms with Crippen molar-refractivity contribution in [1.82, 2.24) is 14.5 Å². The Bertz CT molecular complexity index is 858. The highest BCUT2D eigenvalue weighted by Gasteiger charge is 2.24. The van der Waals surface area contributed by atoms with E-state index in [0.717, 1.165) is 5.56 Å². The Hall–Kier alpha value is -2.63. The van der Waals surface area contributed by atoms with E-state index in [0.29, 0.717) is 43.4 Å². The third-order valence-electron chi connectivity index (χ3n) is 4.77. The summed E-state index contributed by atoms with van der Waals surface area (Å²) < 4.78 is 7.28. The van der Waals surface area contributed by atoms with Crippen LogP contribution in [-0.2, 0) is 24.3 Å². The van der Waals surface area contributed by atoms with Gasteiger partial charge >= 0.3 is 0 Å². The lowest BCUT2D eigenvalue weighted by molar-refractivity contribution is -0.134. The molecular formula is C20H25N3O3. The number of amides is 1. The number of carbonyl (C=O) groups is 1. The molecule has 6 nitrogen and oxygen atoms in total. The summed E-state index contributed by atoms with van der Waals surface area (Å²) in [6.45, 7) is 7.63. The summed E-state index contributed by atoms with van der Waals surface area (Å²) in [6, 6.07) is 7.82. The van der Waals surface area contributed by atoms with Gasteiger partial charge in [0.2, 0.25) is 0 Å². The molecule has 2 heterocycles. The Labute approximate surface area is 153 Å². The Balaban J connectivity index is 1.64. The summed E-state index contributed by atoms with van der Waals surface area (Å²) >= 11 is 0. The van der Waals surface area contributed by atoms with Crippen LogP contribution in [0.4, 0.5) is 0 Å². The van der Waals surface area contributed by atoms with Crippen LogP contribution in [0.5, 0.6) is 5.75 Å². The Kier molecular flexibility index (Phi) is 5.40. The van der Waals surface area contributed by atoms with Gasteiger partial charge < -0.3 is 9.64 Å². The van der Waals surface area contributed by atoms with Crippen LogP contribution in [0, 0.1) is 0 Å². The first kappa shape index (κ1) is 18.2. The van der Waals surface area contributed by atoms with E-state index in [9.17, 15) is 9.59 Å². The number of rotatable bonds is 5. The lowest BCUT2D eigenvalue weighted by Crippen LogP contribution is -2.42. The Morgan fingerprint density at radius 2 is 2.15 bits per heavy atom. The number of benzene rings is 1. The third-order valence-corrected chi connectivity index (χ3v) is 4.77. The minimum absolute atomic E-state index is 0.00588. The van der Waals surface area contributed by atoms with E-state index >= 15 is 0 Å². The summed E-state index contributed by atoms with van der Waals surface area (Å²) in [5.41, 5.74) is 2.61. The van der Waals surface area contributed by atoms with Crippen LogP contribution in [0.1, 0.15) is 43.5 Å². The molecule has 0 radical (unpaired) electrons. The highest BCUT2D eigenvalue weighted by Crippen LogP contribution is 2.20. The van der Waals surface area contributed by atoms with Crippen molar-refractivity contribution >= 4 is 5.91 Å². The summed E-state index contributed by atoms with van der Waals surface area (Å²) in [4.78, 5) is 30.9. The minimum Gasteiger partial charge on any atom is -0.484 e. The van der Waals surface area contributed by atoms with Crippen molar-refractivity contribution in [3.05, 3.63) is 57.8 Å². The van der Waals surface area contributed by atoms with E-state index in [1.165, 1.54) is 5.56 Å². The number of aryl methyl sites for hydroxylation is 1. The van der Waals surface area contributed by atoms with Crippen LogP contribution in [-0.4, -0.2) is 33.5 Å². The number of carbonyl (C=O) groups excluding carboxylic acids is 1. The number of aromatic nitrogens is 2. The van der Waals surface area contributed by atoms with Gasteiger partial charge in [0.1, 0.15) is 5.75 Å². The fraction of sp³-hybridized carbons (Fsp3) is 0.450. The fourth-order valence-electron chi connectivity index (χ4n) is 3.10. The van der Waals surface area contributed by atoms with E-state index in [-0.39, 0.29) is 18.1 Å². The number of hydrogen-bond donors (Lipinski definition) is 0. The van der Waals surface area contributed by atoms with Crippen LogP contribution < -0.4 is 10.3 Å². The predicted molar refractivity (Wildman–Crippen MR) is 99.3 cm³/mol. The van der Waals surface area contributed by atoms with Crippen LogP contribution >= 0.6 is 0 Å². The van der Waals surface area contributed by atoms with Gasteiger partial charge in [0.05, 0.1) is 18.6 Å². The molecule has 0 atom stereocenters. The molecule has 26 heavy (non-hydrogen) atoms. The molecule has 0 unspecified atom stereocenters. The molecule has 1 aromatic carbocycles. The summed E-state index contributed by atoms with van der Waals surface area (Å²) in [5, 5.41) is 0. The minimum atomic E-state index is -0.0907. The first-order valence-corrected chi connectivity index (χ1v) is 9.07. The highest BCUT2D eigenvalue weighted by molar-refractivity contribution is 5.78. The standard InChI is InChI=1S/C20H25N3O3/c1-4-22-13-21-18-11-23(9-8-17(18)20(22)25)19(24)12-26-16-7-5-6-15(10-16)14(2)3/h5-7,10,13-14H,4,8-9,11-12H2,1-3H3. The SMILES string of the molecule is CCn1cnc2c(c1=O)CCN(C(=O)COc1cccc(C(C)C)c1)C2. The summed E-state index contributed by atoms with van der Waals surface area (Å²) in [7, 11) is 0. The monoisotopic (exact) mass is 355 g/mol. The second-order valence-corrected chi connectivity index (χ2v) is 6.84. The second-order valence-electron chi connectivity index (χ2n) is 6.84. The molecule has 0 bridgehead atoms. The molecule has 138 valence electrons. The van der Waals surface area contributed by atoms with Crippen LogP contribution in [0.3, 0.4) is 0 Å². The maximum absolute atomic E-state index is 12.5. The molecule has 0 saturated heterocycles. The first-order chi connectivity index (χ1) is 12.5. The summed E-state index contributed by atoms with van der Waals surface area (Å²) in [6.07, 6.45) is 2.10. The van der Waals surface area contributed by atoms with Crippen molar-refractivity contribution in [3.63, 3.8) is 0 Å². The normalized spacial score (nSPS) is 13.6. The van der Waals surface area contributed by atoms with Crippen molar-refractivity contribution in [2.45, 2.75) is 46.2 Å². The molecule has 2 aromatic rings. The average molecular weight is 355 g/mol. The smallest absolute Gasteiger partial charge is 0.260 e. The van der Waals surface area contributed by atoms with Gasteiger partial charge in [-0.3, -0.25) is 14.2 Å². The molecule has 0 spiro atoms. The number of nitrogens with zero attached hydrogens (tertiary/aromatic N) is 3. The van der Waals surface area contributed by atoms with Crippen molar-refractivity contribution in [1.29, 1.82) is 0 Å². The van der Waals surface area contributed by atoms with Gasteiger partial charge in [-0.25, -0.2) is 4.98 Å². The van der Waals surface area contributed by atoms with Crippen LogP contribution in [0.15, 0.2) is 35.4 Å². The average Bonchev–Trinajstić information content (AvgIpc) is 2.66. The fourth-order valence-corrected chi connectivity index (χ4v) is 3.10. The van der Waals surface area contributed by atoms with Gasteiger partial charge in [-0.05, 0) is 37.0 Å². The molecule has 3 rings (SSSR count). The van der Waals surface area contributed by atoms with Crippen LogP contribution in [0.2, 0.25) is 0 Å². The zero-order valence-corrected chi connectivity index (χ0v) is 15.6. The Morgan fingerprint density at radius 1 is 1.35 bits per heavy atom. The molecule has 1 amide bonds. The molecule has 6 heteroatoms. The topological polar surface area (TPSA) is 64.4 Å². The van der Waals surface area contributed by atoms with E-state index in [1.807, 2.05) is 25.1 Å². The molecular weight excluding hydrogens is 330 g/mol. The van der Waals surface area contributed by atoms with E-state index in [1.54, 1.807) is 15.8 Å². The van der Waals surface area contributed by atoms with Gasteiger partial charge in [0.25, 0.3) is 11.5 Å². The number of ether oxygens (including phenoxy) is 1. The molecule has 0 aliphatic carbocycles. The highest BCUT2D eigenvalue weighted by atomic mass is 16.5. The largest absolute Gasteiger partial charge is 0.484 e. The molecule has 1 aliphatic rings. The molecule has 1 aromatic heterocycles. The lowest BCUT2D eigenvalue weighted by atomic mass is 10.0. The zero-order chi connectivity index (χ0) is 18.7. The van der Waals surface area contributed by atoms with E-state index in [2.05, 4.69) is 24.9 Å². The maximum atomic E-state index is 12.5. The van der Waals surface area contributed by atoms with Crippen LogP contribution in [0.25, 0.3) is 0 Å². The second kappa shape index (κ2) is 7.72. The van der Waals surface area contributed by atoms with Gasteiger partial charge in [0, 0.05) is 18.7 Å². The summed E-state index contributed by atoms with van der Waals surface area (Å²) in [5.74, 6) is 1.02. The zero-order valence-electron chi connectivity index (χ0n) is 15.6. The van der Waals surface area contributed by atoms with E-state index < -0.39 is 0 Å². The quantitative estimate of drug-likeness (QED) is 0.826. The molecule has 1 aliphatic heterocycles.